The van der Waals surface area contributed by atoms with Crippen LogP contribution in [0.5, 0.6) is 0 Å². The highest BCUT2D eigenvalue weighted by Crippen LogP contribution is 2.13. The van der Waals surface area contributed by atoms with Crippen molar-refractivity contribution < 1.29 is 17.8 Å². The molecule has 9 heteroatoms. The van der Waals surface area contributed by atoms with Crippen molar-refractivity contribution in [3.63, 3.8) is 0 Å². The van der Waals surface area contributed by atoms with Gasteiger partial charge in [-0.2, -0.15) is 8.42 Å². The minimum atomic E-state index is -4.20. The monoisotopic (exact) mass is 472 g/mol. The topological polar surface area (TPSA) is 93.2 Å². The lowest BCUT2D eigenvalue weighted by molar-refractivity contribution is -0.135. The number of nitrogens with one attached hydrogen (secondary N) is 1. The molecular weight excluding hydrogens is 428 g/mol. The van der Waals surface area contributed by atoms with Gasteiger partial charge in [0.25, 0.3) is 10.1 Å². The zero-order chi connectivity index (χ0) is 24.7. The predicted molar refractivity (Wildman–Crippen MR) is 132 cm³/mol. The third-order valence-electron chi connectivity index (χ3n) is 5.07. The van der Waals surface area contributed by atoms with Crippen LogP contribution in [0.4, 0.5) is 0 Å². The van der Waals surface area contributed by atoms with E-state index in [1.807, 2.05) is 32.6 Å². The maximum absolute atomic E-state index is 12.9. The van der Waals surface area contributed by atoms with Crippen molar-refractivity contribution in [2.75, 3.05) is 60.4 Å². The summed E-state index contributed by atoms with van der Waals surface area (Å²) in [5, 5.41) is 3.07. The molecule has 0 aliphatic carbocycles. The molecule has 1 aromatic rings. The van der Waals surface area contributed by atoms with E-state index in [1.165, 1.54) is 12.1 Å². The number of carbonyl (C=O) groups excluding carboxylic acids is 1. The van der Waals surface area contributed by atoms with Crippen molar-refractivity contribution >= 4 is 16.0 Å². The molecule has 1 heterocycles. The van der Waals surface area contributed by atoms with Crippen molar-refractivity contribution in [2.24, 2.45) is 0 Å². The first-order valence-corrected chi connectivity index (χ1v) is 13.0. The van der Waals surface area contributed by atoms with E-state index in [9.17, 15) is 13.2 Å². The Morgan fingerprint density at radius 1 is 1.06 bits per heavy atom. The zero-order valence-corrected chi connectivity index (χ0v) is 21.8. The lowest BCUT2D eigenvalue weighted by Crippen LogP contribution is -2.54. The molecule has 1 amide bonds. The highest BCUT2D eigenvalue weighted by Gasteiger charge is 2.26. The second-order valence-corrected chi connectivity index (χ2v) is 8.91. The lowest BCUT2D eigenvalue weighted by atomic mass is 10.0. The van der Waals surface area contributed by atoms with Gasteiger partial charge in [-0.25, -0.2) is 0 Å². The van der Waals surface area contributed by atoms with Gasteiger partial charge in [-0.15, -0.1) is 0 Å². The molecule has 0 aromatic heterocycles. The number of carbonyl (C=O) groups is 1. The predicted octanol–water partition coefficient (Wildman–Crippen LogP) is 2.21. The molecule has 1 unspecified atom stereocenters. The minimum Gasteiger partial charge on any atom is -0.339 e. The van der Waals surface area contributed by atoms with Crippen molar-refractivity contribution in [1.29, 1.82) is 0 Å². The van der Waals surface area contributed by atoms with Crippen molar-refractivity contribution in [2.45, 2.75) is 51.5 Å². The Hall–Kier alpha value is -1.52. The quantitative estimate of drug-likeness (QED) is 0.532. The first kappa shape index (κ1) is 30.5. The summed E-state index contributed by atoms with van der Waals surface area (Å²) in [5.41, 5.74) is 0.836. The first-order chi connectivity index (χ1) is 15.2. The average molecular weight is 473 g/mol. The van der Waals surface area contributed by atoms with Gasteiger partial charge in [0.2, 0.25) is 5.91 Å². The number of hydrogen-bond donors (Lipinski definition) is 2. The number of likely N-dealkylation sites (N-methyl/N-ethyl adjacent to an activating group) is 1. The zero-order valence-electron chi connectivity index (χ0n) is 21.0. The molecule has 1 fully saturated rings. The van der Waals surface area contributed by atoms with Crippen molar-refractivity contribution in [1.82, 2.24) is 20.0 Å². The molecule has 1 aromatic carbocycles. The summed E-state index contributed by atoms with van der Waals surface area (Å²) in [5.74, 6) is 0.0642. The van der Waals surface area contributed by atoms with E-state index in [2.05, 4.69) is 29.2 Å². The molecule has 0 spiro atoms. The van der Waals surface area contributed by atoms with E-state index in [0.717, 1.165) is 51.3 Å². The van der Waals surface area contributed by atoms with Crippen LogP contribution in [0.25, 0.3) is 0 Å². The fraction of sp³-hybridized carbons (Fsp3) is 0.696. The van der Waals surface area contributed by atoms with Gasteiger partial charge >= 0.3 is 0 Å². The smallest absolute Gasteiger partial charge is 0.294 e. The van der Waals surface area contributed by atoms with E-state index >= 15 is 0 Å². The number of piperazine rings is 1. The lowest BCUT2D eigenvalue weighted by Gasteiger charge is -2.36. The highest BCUT2D eigenvalue weighted by molar-refractivity contribution is 7.85. The SMILES string of the molecule is CC.CC.CNC(Cc1ccc(S(=O)(=O)O)cc1)C(=O)N1CCN(CCCN(C)C)CC1. The second kappa shape index (κ2) is 16.1. The summed E-state index contributed by atoms with van der Waals surface area (Å²) in [7, 11) is 1.70. The molecule has 186 valence electrons. The first-order valence-electron chi connectivity index (χ1n) is 11.6. The molecule has 2 N–H and O–H groups in total. The molecule has 1 atom stereocenters. The van der Waals surface area contributed by atoms with E-state index < -0.39 is 10.1 Å². The Kier molecular flexibility index (Phi) is 15.4. The molecule has 32 heavy (non-hydrogen) atoms. The summed E-state index contributed by atoms with van der Waals surface area (Å²) in [6.45, 7) is 13.3. The van der Waals surface area contributed by atoms with Crippen LogP contribution in [0.2, 0.25) is 0 Å². The summed E-state index contributed by atoms with van der Waals surface area (Å²) in [4.78, 5) is 19.2. The van der Waals surface area contributed by atoms with Crippen LogP contribution in [0.15, 0.2) is 29.2 Å². The van der Waals surface area contributed by atoms with Gasteiger partial charge in [-0.1, -0.05) is 39.8 Å². The minimum absolute atomic E-state index is 0.0642. The van der Waals surface area contributed by atoms with Crippen LogP contribution in [0.3, 0.4) is 0 Å². The number of nitrogens with zero attached hydrogens (tertiary/aromatic N) is 3. The van der Waals surface area contributed by atoms with E-state index in [1.54, 1.807) is 19.2 Å². The maximum atomic E-state index is 12.9. The summed E-state index contributed by atoms with van der Waals surface area (Å²) in [6, 6.07) is 5.60. The Balaban J connectivity index is 0.00000227. The average Bonchev–Trinajstić information content (AvgIpc) is 2.79. The molecule has 0 bridgehead atoms. The van der Waals surface area contributed by atoms with Gasteiger partial charge in [0.05, 0.1) is 10.9 Å². The largest absolute Gasteiger partial charge is 0.339 e. The van der Waals surface area contributed by atoms with E-state index in [4.69, 9.17) is 4.55 Å². The van der Waals surface area contributed by atoms with Crippen molar-refractivity contribution in [3.05, 3.63) is 29.8 Å². The van der Waals surface area contributed by atoms with E-state index in [0.29, 0.717) is 6.42 Å². The van der Waals surface area contributed by atoms with Crippen LogP contribution in [-0.2, 0) is 21.3 Å². The van der Waals surface area contributed by atoms with Crippen LogP contribution < -0.4 is 5.32 Å². The van der Waals surface area contributed by atoms with Gasteiger partial charge in [-0.05, 0) is 64.8 Å². The summed E-state index contributed by atoms with van der Waals surface area (Å²) < 4.78 is 31.3. The number of rotatable bonds is 9. The van der Waals surface area contributed by atoms with Crippen LogP contribution >= 0.6 is 0 Å². The van der Waals surface area contributed by atoms with Gasteiger partial charge in [-0.3, -0.25) is 14.2 Å². The van der Waals surface area contributed by atoms with E-state index in [-0.39, 0.29) is 16.8 Å². The molecule has 1 aliphatic rings. The van der Waals surface area contributed by atoms with Crippen LogP contribution in [0.1, 0.15) is 39.7 Å². The summed E-state index contributed by atoms with van der Waals surface area (Å²) >= 11 is 0. The number of hydrogen-bond acceptors (Lipinski definition) is 6. The van der Waals surface area contributed by atoms with Crippen LogP contribution in [0, 0.1) is 0 Å². The van der Waals surface area contributed by atoms with Gasteiger partial charge < -0.3 is 15.1 Å². The number of amides is 1. The van der Waals surface area contributed by atoms with Gasteiger partial charge in [0, 0.05) is 26.2 Å². The van der Waals surface area contributed by atoms with Gasteiger partial charge in [0.15, 0.2) is 0 Å². The normalized spacial score (nSPS) is 15.3. The second-order valence-electron chi connectivity index (χ2n) is 7.49. The maximum Gasteiger partial charge on any atom is 0.294 e. The molecular formula is C23H44N4O4S. The number of benzene rings is 1. The molecule has 8 nitrogen and oxygen atoms in total. The molecule has 2 rings (SSSR count). The van der Waals surface area contributed by atoms with Crippen molar-refractivity contribution in [3.8, 4) is 0 Å². The summed E-state index contributed by atoms with van der Waals surface area (Å²) in [6.07, 6.45) is 1.59. The fourth-order valence-electron chi connectivity index (χ4n) is 3.37. The third-order valence-corrected chi connectivity index (χ3v) is 5.94. The Morgan fingerprint density at radius 2 is 1.59 bits per heavy atom. The fourth-order valence-corrected chi connectivity index (χ4v) is 3.85. The highest BCUT2D eigenvalue weighted by atomic mass is 32.2. The molecule has 0 radical (unpaired) electrons. The van der Waals surface area contributed by atoms with Gasteiger partial charge in [0.1, 0.15) is 0 Å². The Labute approximate surface area is 195 Å². The standard InChI is InChI=1S/C19H32N4O4S.2C2H6/c1-20-18(15-16-5-7-17(8-6-16)28(25,26)27)19(24)23-13-11-22(12-14-23)10-4-9-21(2)3;2*1-2/h5-8,18,20H,4,9-15H2,1-3H3,(H,25,26,27);2*1-2H3. The Morgan fingerprint density at radius 3 is 2.03 bits per heavy atom. The Bertz CT molecular complexity index is 731. The molecule has 0 saturated carbocycles. The van der Waals surface area contributed by atoms with Crippen LogP contribution in [-0.4, -0.2) is 100 Å². The molecule has 1 aliphatic heterocycles. The third kappa shape index (κ3) is 10.9. The molecule has 1 saturated heterocycles.